The number of ether oxygens (including phenoxy) is 2. The molecule has 1 aliphatic carbocycles. The van der Waals surface area contributed by atoms with Gasteiger partial charge in [-0.05, 0) is 71.6 Å². The highest BCUT2D eigenvalue weighted by Gasteiger charge is 2.52. The van der Waals surface area contributed by atoms with Crippen molar-refractivity contribution >= 4 is 5.97 Å². The Balaban J connectivity index is 1.80. The fourth-order valence-electron chi connectivity index (χ4n) is 4.06. The molecule has 2 heterocycles. The molecular formula is C20H30O4. The number of epoxide rings is 1. The Morgan fingerprint density at radius 1 is 1.25 bits per heavy atom. The van der Waals surface area contributed by atoms with E-state index in [9.17, 15) is 9.90 Å². The predicted octanol–water partition coefficient (Wildman–Crippen LogP) is 3.68. The average Bonchev–Trinajstić information content (AvgIpc) is 3.16. The molecule has 2 aliphatic heterocycles. The van der Waals surface area contributed by atoms with Crippen molar-refractivity contribution in [2.45, 2.75) is 89.1 Å². The molecule has 2 saturated heterocycles. The van der Waals surface area contributed by atoms with Gasteiger partial charge in [-0.15, -0.1) is 0 Å². The highest BCUT2D eigenvalue weighted by molar-refractivity contribution is 5.89. The maximum Gasteiger partial charge on any atom is 0.334 e. The van der Waals surface area contributed by atoms with Crippen LogP contribution in [0, 0.1) is 5.92 Å². The number of carbonyl (C=O) groups excluding carboxylic acids is 1. The van der Waals surface area contributed by atoms with Crippen molar-refractivity contribution in [2.24, 2.45) is 5.92 Å². The van der Waals surface area contributed by atoms with Gasteiger partial charge in [-0.1, -0.05) is 18.2 Å². The van der Waals surface area contributed by atoms with Gasteiger partial charge < -0.3 is 14.6 Å². The molecule has 5 atom stereocenters. The minimum atomic E-state index is -1.00. The quantitative estimate of drug-likeness (QED) is 0.318. The lowest BCUT2D eigenvalue weighted by atomic mass is 9.79. The van der Waals surface area contributed by atoms with Crippen molar-refractivity contribution in [3.8, 4) is 0 Å². The highest BCUT2D eigenvalue weighted by atomic mass is 16.6. The first-order valence-corrected chi connectivity index (χ1v) is 9.17. The second kappa shape index (κ2) is 6.30. The molecule has 0 aromatic rings. The van der Waals surface area contributed by atoms with Crippen LogP contribution >= 0.6 is 0 Å². The molecular weight excluding hydrogens is 304 g/mol. The van der Waals surface area contributed by atoms with Gasteiger partial charge in [-0.2, -0.15) is 0 Å². The lowest BCUT2D eigenvalue weighted by Gasteiger charge is -2.39. The number of allylic oxidation sites excluding steroid dienone is 2. The summed E-state index contributed by atoms with van der Waals surface area (Å²) in [6.07, 6.45) is 7.98. The van der Waals surface area contributed by atoms with Crippen LogP contribution in [0.25, 0.3) is 0 Å². The number of rotatable bonds is 0. The lowest BCUT2D eigenvalue weighted by molar-refractivity contribution is -0.168. The maximum atomic E-state index is 12.2. The van der Waals surface area contributed by atoms with Gasteiger partial charge >= 0.3 is 5.97 Å². The third-order valence-corrected chi connectivity index (χ3v) is 6.17. The zero-order chi connectivity index (χ0) is 17.5. The lowest BCUT2D eigenvalue weighted by Crippen LogP contribution is -2.47. The first kappa shape index (κ1) is 17.7. The number of hydrogen-bond donors (Lipinski definition) is 1. The summed E-state index contributed by atoms with van der Waals surface area (Å²) in [7, 11) is 0. The SMILES string of the molecule is C=C1C(=O)O[C@@H]2C[C@H]1CC[C@]1(C)O[C@H]1CC/C(C)=C/CC[C@]2(C)O. The highest BCUT2D eigenvalue weighted by Crippen LogP contribution is 2.46. The molecule has 0 aromatic heterocycles. The van der Waals surface area contributed by atoms with Gasteiger partial charge in [0.05, 0.1) is 17.3 Å². The van der Waals surface area contributed by atoms with Gasteiger partial charge in [-0.25, -0.2) is 4.79 Å². The number of fused-ring (bicyclic) bond motifs is 3. The van der Waals surface area contributed by atoms with Crippen molar-refractivity contribution in [2.75, 3.05) is 0 Å². The second-order valence-corrected chi connectivity index (χ2v) is 8.29. The minimum Gasteiger partial charge on any atom is -0.456 e. The molecule has 0 saturated carbocycles. The maximum absolute atomic E-state index is 12.2. The molecule has 2 fully saturated rings. The second-order valence-electron chi connectivity index (χ2n) is 8.29. The molecule has 0 amide bonds. The van der Waals surface area contributed by atoms with Crippen LogP contribution in [-0.2, 0) is 14.3 Å². The topological polar surface area (TPSA) is 59.1 Å². The zero-order valence-corrected chi connectivity index (χ0v) is 15.1. The molecule has 4 heteroatoms. The normalized spacial score (nSPS) is 46.2. The van der Waals surface area contributed by atoms with Crippen LogP contribution in [0.4, 0.5) is 0 Å². The van der Waals surface area contributed by atoms with Crippen LogP contribution in [0.2, 0.25) is 0 Å². The van der Waals surface area contributed by atoms with E-state index in [1.807, 2.05) is 0 Å². The molecule has 3 aliphatic rings. The molecule has 134 valence electrons. The van der Waals surface area contributed by atoms with E-state index in [2.05, 4.69) is 26.5 Å². The van der Waals surface area contributed by atoms with E-state index in [1.165, 1.54) is 5.57 Å². The van der Waals surface area contributed by atoms with Crippen molar-refractivity contribution in [1.29, 1.82) is 0 Å². The van der Waals surface area contributed by atoms with Crippen LogP contribution in [-0.4, -0.2) is 34.5 Å². The van der Waals surface area contributed by atoms with Gasteiger partial charge in [-0.3, -0.25) is 0 Å². The van der Waals surface area contributed by atoms with Gasteiger partial charge in [0.25, 0.3) is 0 Å². The van der Waals surface area contributed by atoms with Crippen LogP contribution in [0.3, 0.4) is 0 Å². The summed E-state index contributed by atoms with van der Waals surface area (Å²) in [6.45, 7) is 10.0. The molecule has 0 unspecified atom stereocenters. The third kappa shape index (κ3) is 3.60. The van der Waals surface area contributed by atoms with E-state index in [0.29, 0.717) is 24.5 Å². The van der Waals surface area contributed by atoms with Crippen molar-refractivity contribution in [3.05, 3.63) is 23.8 Å². The molecule has 4 nitrogen and oxygen atoms in total. The largest absolute Gasteiger partial charge is 0.456 e. The number of carbonyl (C=O) groups is 1. The summed E-state index contributed by atoms with van der Waals surface area (Å²) >= 11 is 0. The molecule has 1 N–H and O–H groups in total. The summed E-state index contributed by atoms with van der Waals surface area (Å²) in [5.74, 6) is -0.279. The Hall–Kier alpha value is -1.13. The van der Waals surface area contributed by atoms with Crippen LogP contribution < -0.4 is 0 Å². The fourth-order valence-corrected chi connectivity index (χ4v) is 4.06. The van der Waals surface area contributed by atoms with Crippen molar-refractivity contribution < 1.29 is 19.4 Å². The molecule has 0 aromatic carbocycles. The van der Waals surface area contributed by atoms with E-state index in [4.69, 9.17) is 9.47 Å². The minimum absolute atomic E-state index is 0.0654. The number of hydrogen-bond acceptors (Lipinski definition) is 4. The van der Waals surface area contributed by atoms with E-state index >= 15 is 0 Å². The van der Waals surface area contributed by atoms with E-state index in [1.54, 1.807) is 6.92 Å². The number of esters is 1. The Kier molecular flexibility index (Phi) is 4.65. The standard InChI is InChI=1S/C20H30O4/c1-13-6-5-10-19(3,22)17-12-15(14(2)18(21)23-17)9-11-20(4)16(24-20)8-7-13/h6,15-17,22H,2,5,7-12H2,1,3-4H3/b13-6+/t15-,16+,17-,19+,20+/m1/s1. The van der Waals surface area contributed by atoms with Crippen molar-refractivity contribution in [1.82, 2.24) is 0 Å². The van der Waals surface area contributed by atoms with Gasteiger partial charge in [0.1, 0.15) is 6.10 Å². The van der Waals surface area contributed by atoms with Gasteiger partial charge in [0.15, 0.2) is 0 Å². The Labute approximate surface area is 144 Å². The molecule has 24 heavy (non-hydrogen) atoms. The summed E-state index contributed by atoms with van der Waals surface area (Å²) < 4.78 is 11.4. The van der Waals surface area contributed by atoms with Crippen LogP contribution in [0.1, 0.15) is 65.7 Å². The summed E-state index contributed by atoms with van der Waals surface area (Å²) in [5.41, 5.74) is 0.820. The van der Waals surface area contributed by atoms with Crippen molar-refractivity contribution in [3.63, 3.8) is 0 Å². The summed E-state index contributed by atoms with van der Waals surface area (Å²) in [5, 5.41) is 10.8. The van der Waals surface area contributed by atoms with Gasteiger partial charge in [0, 0.05) is 5.57 Å². The Morgan fingerprint density at radius 3 is 2.75 bits per heavy atom. The third-order valence-electron chi connectivity index (χ3n) is 6.17. The first-order valence-electron chi connectivity index (χ1n) is 9.17. The number of aliphatic hydroxyl groups is 1. The predicted molar refractivity (Wildman–Crippen MR) is 92.5 cm³/mol. The average molecular weight is 334 g/mol. The van der Waals surface area contributed by atoms with E-state index in [0.717, 1.165) is 32.1 Å². The Bertz CT molecular complexity index is 562. The Morgan fingerprint density at radius 2 is 2.00 bits per heavy atom. The molecule has 3 rings (SSSR count). The molecule has 0 spiro atoms. The molecule has 2 bridgehead atoms. The van der Waals surface area contributed by atoms with Gasteiger partial charge in [0.2, 0.25) is 0 Å². The fraction of sp³-hybridized carbons (Fsp3) is 0.750. The van der Waals surface area contributed by atoms with E-state index < -0.39 is 11.7 Å². The smallest absolute Gasteiger partial charge is 0.334 e. The first-order chi connectivity index (χ1) is 11.2. The molecule has 0 radical (unpaired) electrons. The van der Waals surface area contributed by atoms with Crippen LogP contribution in [0.15, 0.2) is 23.8 Å². The summed E-state index contributed by atoms with van der Waals surface area (Å²) in [4.78, 5) is 12.2. The summed E-state index contributed by atoms with van der Waals surface area (Å²) in [6, 6.07) is 0. The van der Waals surface area contributed by atoms with Crippen LogP contribution in [0.5, 0.6) is 0 Å². The zero-order valence-electron chi connectivity index (χ0n) is 15.1. The van der Waals surface area contributed by atoms with E-state index in [-0.39, 0.29) is 17.5 Å². The monoisotopic (exact) mass is 334 g/mol.